The Hall–Kier alpha value is -1.70. The fraction of sp³-hybridized carbons (Fsp3) is 0.667. The topological polar surface area (TPSA) is 80.3 Å². The summed E-state index contributed by atoms with van der Waals surface area (Å²) in [5.41, 5.74) is -0.00731. The predicted octanol–water partition coefficient (Wildman–Crippen LogP) is 2.05. The maximum atomic E-state index is 11.5. The first-order valence-electron chi connectivity index (χ1n) is 8.10. The van der Waals surface area contributed by atoms with Gasteiger partial charge in [-0.15, -0.1) is 0 Å². The zero-order chi connectivity index (χ0) is 19.3. The Kier molecular flexibility index (Phi) is 11.8. The molecule has 0 bridgehead atoms. The number of carbonyl (C=O) groups is 2. The van der Waals surface area contributed by atoms with E-state index in [1.807, 2.05) is 0 Å². The van der Waals surface area contributed by atoms with Crippen molar-refractivity contribution in [3.8, 4) is 0 Å². The van der Waals surface area contributed by atoms with Crippen molar-refractivity contribution in [1.82, 2.24) is 0 Å². The lowest BCUT2D eigenvalue weighted by Gasteiger charge is -2.25. The molecule has 0 saturated carbocycles. The predicted molar refractivity (Wildman–Crippen MR) is 93.2 cm³/mol. The molecule has 0 aromatic rings. The lowest BCUT2D eigenvalue weighted by Crippen LogP contribution is -2.34. The van der Waals surface area contributed by atoms with E-state index < -0.39 is 17.5 Å². The monoisotopic (exact) mass is 358 g/mol. The van der Waals surface area contributed by atoms with Crippen molar-refractivity contribution < 1.29 is 33.3 Å². The molecule has 0 spiro atoms. The normalized spacial score (nSPS) is 11.0. The van der Waals surface area contributed by atoms with Crippen molar-refractivity contribution in [2.24, 2.45) is 0 Å². The summed E-state index contributed by atoms with van der Waals surface area (Å²) in [4.78, 5) is 22.6. The second-order valence-electron chi connectivity index (χ2n) is 6.12. The molecule has 0 aliphatic carbocycles. The van der Waals surface area contributed by atoms with Gasteiger partial charge in [0.1, 0.15) is 12.2 Å². The summed E-state index contributed by atoms with van der Waals surface area (Å²) in [6.45, 7) is 16.1. The third-order valence-corrected chi connectivity index (χ3v) is 2.72. The number of ether oxygens (including phenoxy) is 5. The Balaban J connectivity index is 3.49. The van der Waals surface area contributed by atoms with Crippen LogP contribution < -0.4 is 0 Å². The van der Waals surface area contributed by atoms with Gasteiger partial charge in [-0.3, -0.25) is 0 Å². The molecule has 7 heteroatoms. The van der Waals surface area contributed by atoms with Crippen LogP contribution in [0.3, 0.4) is 0 Å². The summed E-state index contributed by atoms with van der Waals surface area (Å²) < 4.78 is 26.1. The minimum Gasteiger partial charge on any atom is -0.460 e. The Morgan fingerprint density at radius 3 is 1.68 bits per heavy atom. The largest absolute Gasteiger partial charge is 0.460 e. The van der Waals surface area contributed by atoms with Crippen molar-refractivity contribution in [3.05, 3.63) is 24.3 Å². The molecule has 0 aromatic carbocycles. The second-order valence-corrected chi connectivity index (χ2v) is 6.12. The van der Waals surface area contributed by atoms with Gasteiger partial charge in [-0.2, -0.15) is 0 Å². The average molecular weight is 358 g/mol. The van der Waals surface area contributed by atoms with Crippen LogP contribution in [0.4, 0.5) is 0 Å². The van der Waals surface area contributed by atoms with E-state index in [0.29, 0.717) is 44.2 Å². The molecule has 0 unspecified atom stereocenters. The zero-order valence-corrected chi connectivity index (χ0v) is 15.7. The number of esters is 2. The molecule has 7 nitrogen and oxygen atoms in total. The minimum atomic E-state index is -0.722. The highest BCUT2D eigenvalue weighted by molar-refractivity contribution is 5.87. The average Bonchev–Trinajstić information content (AvgIpc) is 2.51. The molecular weight excluding hydrogens is 328 g/mol. The van der Waals surface area contributed by atoms with Crippen LogP contribution in [0, 0.1) is 0 Å². The van der Waals surface area contributed by atoms with E-state index in [0.717, 1.165) is 0 Å². The van der Waals surface area contributed by atoms with Gasteiger partial charge in [0.05, 0.1) is 39.6 Å². The molecule has 0 aromatic heterocycles. The van der Waals surface area contributed by atoms with Crippen molar-refractivity contribution in [2.75, 3.05) is 46.2 Å². The van der Waals surface area contributed by atoms with Crippen molar-refractivity contribution >= 4 is 11.9 Å². The van der Waals surface area contributed by atoms with E-state index in [1.54, 1.807) is 27.7 Å². The molecule has 25 heavy (non-hydrogen) atoms. The summed E-state index contributed by atoms with van der Waals surface area (Å²) in [7, 11) is 0. The molecule has 0 rings (SSSR count). The lowest BCUT2D eigenvalue weighted by atomic mass is 10.1. The number of hydrogen-bond donors (Lipinski definition) is 0. The van der Waals surface area contributed by atoms with Crippen molar-refractivity contribution in [1.29, 1.82) is 0 Å². The van der Waals surface area contributed by atoms with Gasteiger partial charge in [-0.25, -0.2) is 9.59 Å². The van der Waals surface area contributed by atoms with Crippen LogP contribution >= 0.6 is 0 Å². The Bertz CT molecular complexity index is 454. The SMILES string of the molecule is C=C(C)C(=O)OCCOCCOCCOCC(C)(C)OC(=O)C(=C)C. The molecule has 0 fully saturated rings. The van der Waals surface area contributed by atoms with Crippen LogP contribution in [0.5, 0.6) is 0 Å². The van der Waals surface area contributed by atoms with Crippen LogP contribution in [0.25, 0.3) is 0 Å². The fourth-order valence-corrected chi connectivity index (χ4v) is 1.44. The van der Waals surface area contributed by atoms with Gasteiger partial charge >= 0.3 is 11.9 Å². The second kappa shape index (κ2) is 12.6. The molecule has 0 atom stereocenters. The van der Waals surface area contributed by atoms with Crippen molar-refractivity contribution in [3.63, 3.8) is 0 Å². The minimum absolute atomic E-state index is 0.187. The van der Waals surface area contributed by atoms with Crippen LogP contribution in [-0.4, -0.2) is 63.8 Å². The van der Waals surface area contributed by atoms with E-state index in [-0.39, 0.29) is 13.2 Å². The van der Waals surface area contributed by atoms with E-state index >= 15 is 0 Å². The highest BCUT2D eigenvalue weighted by Crippen LogP contribution is 2.12. The molecule has 0 aliphatic rings. The van der Waals surface area contributed by atoms with Gasteiger partial charge in [0.25, 0.3) is 0 Å². The summed E-state index contributed by atoms with van der Waals surface area (Å²) in [6, 6.07) is 0. The van der Waals surface area contributed by atoms with Crippen LogP contribution in [0.15, 0.2) is 24.3 Å². The smallest absolute Gasteiger partial charge is 0.333 e. The van der Waals surface area contributed by atoms with Gasteiger partial charge in [-0.1, -0.05) is 13.2 Å². The molecule has 0 N–H and O–H groups in total. The van der Waals surface area contributed by atoms with Gasteiger partial charge < -0.3 is 23.7 Å². The molecule has 0 radical (unpaired) electrons. The zero-order valence-electron chi connectivity index (χ0n) is 15.7. The number of rotatable bonds is 14. The maximum Gasteiger partial charge on any atom is 0.333 e. The highest BCUT2D eigenvalue weighted by Gasteiger charge is 2.23. The molecule has 0 amide bonds. The molecule has 0 heterocycles. The van der Waals surface area contributed by atoms with E-state index in [9.17, 15) is 9.59 Å². The first-order chi connectivity index (χ1) is 11.7. The van der Waals surface area contributed by atoms with E-state index in [4.69, 9.17) is 23.7 Å². The lowest BCUT2D eigenvalue weighted by molar-refractivity contribution is -0.157. The van der Waals surface area contributed by atoms with E-state index in [2.05, 4.69) is 13.2 Å². The van der Waals surface area contributed by atoms with Gasteiger partial charge in [0.15, 0.2) is 0 Å². The Morgan fingerprint density at radius 2 is 1.20 bits per heavy atom. The summed E-state index contributed by atoms with van der Waals surface area (Å²) in [5, 5.41) is 0. The summed E-state index contributed by atoms with van der Waals surface area (Å²) >= 11 is 0. The van der Waals surface area contributed by atoms with Gasteiger partial charge in [0.2, 0.25) is 0 Å². The quantitative estimate of drug-likeness (QED) is 0.267. The maximum absolute atomic E-state index is 11.5. The number of carbonyl (C=O) groups excluding carboxylic acids is 2. The van der Waals surface area contributed by atoms with Gasteiger partial charge in [0, 0.05) is 11.1 Å². The fourth-order valence-electron chi connectivity index (χ4n) is 1.44. The molecule has 0 aliphatic heterocycles. The third kappa shape index (κ3) is 13.3. The standard InChI is InChI=1S/C18H30O7/c1-14(2)16(19)24-12-11-22-8-7-21-9-10-23-13-18(5,6)25-17(20)15(3)4/h1,3,7-13H2,2,4-6H3. The molecule has 144 valence electrons. The molecular formula is C18H30O7. The first-order valence-corrected chi connectivity index (χ1v) is 8.10. The van der Waals surface area contributed by atoms with Gasteiger partial charge in [-0.05, 0) is 27.7 Å². The highest BCUT2D eigenvalue weighted by atomic mass is 16.6. The Labute approximate surface area is 149 Å². The van der Waals surface area contributed by atoms with Crippen LogP contribution in [0.2, 0.25) is 0 Å². The summed E-state index contributed by atoms with van der Waals surface area (Å²) in [5.74, 6) is -0.857. The van der Waals surface area contributed by atoms with Crippen molar-refractivity contribution in [2.45, 2.75) is 33.3 Å². The third-order valence-electron chi connectivity index (χ3n) is 2.72. The molecule has 0 saturated heterocycles. The number of hydrogen-bond acceptors (Lipinski definition) is 7. The van der Waals surface area contributed by atoms with Crippen LogP contribution in [0.1, 0.15) is 27.7 Å². The Morgan fingerprint density at radius 1 is 0.760 bits per heavy atom. The van der Waals surface area contributed by atoms with E-state index in [1.165, 1.54) is 0 Å². The first kappa shape index (κ1) is 23.3. The summed E-state index contributed by atoms with van der Waals surface area (Å²) in [6.07, 6.45) is 0. The van der Waals surface area contributed by atoms with Crippen LogP contribution in [-0.2, 0) is 33.3 Å².